The van der Waals surface area contributed by atoms with Crippen LogP contribution in [0.3, 0.4) is 0 Å². The molecule has 0 amide bonds. The second kappa shape index (κ2) is 7.46. The zero-order valence-electron chi connectivity index (χ0n) is 12.8. The maximum Gasteiger partial charge on any atom is 0.335 e. The van der Waals surface area contributed by atoms with E-state index >= 15 is 0 Å². The van der Waals surface area contributed by atoms with E-state index in [1.165, 1.54) is 19.3 Å². The lowest BCUT2D eigenvalue weighted by Gasteiger charge is -2.32. The summed E-state index contributed by atoms with van der Waals surface area (Å²) in [5.41, 5.74) is 0.260. The highest BCUT2D eigenvalue weighted by atomic mass is 16.5. The van der Waals surface area contributed by atoms with Crippen LogP contribution >= 0.6 is 0 Å². The van der Waals surface area contributed by atoms with E-state index in [1.807, 2.05) is 0 Å². The third-order valence-electron chi connectivity index (χ3n) is 4.06. The van der Waals surface area contributed by atoms with E-state index < -0.39 is 5.97 Å². The summed E-state index contributed by atoms with van der Waals surface area (Å²) in [5.74, 6) is 1.27. The van der Waals surface area contributed by atoms with Gasteiger partial charge in [-0.2, -0.15) is 0 Å². The maximum atomic E-state index is 10.9. The first-order valence-corrected chi connectivity index (χ1v) is 7.74. The van der Waals surface area contributed by atoms with Gasteiger partial charge in [0.05, 0.1) is 5.56 Å². The van der Waals surface area contributed by atoms with Gasteiger partial charge in [0.15, 0.2) is 0 Å². The molecule has 4 heteroatoms. The molecule has 1 saturated carbocycles. The highest BCUT2D eigenvalue weighted by molar-refractivity contribution is 5.87. The average molecular weight is 291 g/mol. The van der Waals surface area contributed by atoms with Gasteiger partial charge in [-0.05, 0) is 49.3 Å². The Morgan fingerprint density at radius 2 is 2.00 bits per heavy atom. The second-order valence-electron chi connectivity index (χ2n) is 6.25. The van der Waals surface area contributed by atoms with Gasteiger partial charge in [-0.15, -0.1) is 0 Å². The van der Waals surface area contributed by atoms with Crippen LogP contribution in [0.5, 0.6) is 5.75 Å². The van der Waals surface area contributed by atoms with Crippen molar-refractivity contribution in [2.75, 3.05) is 13.2 Å². The highest BCUT2D eigenvalue weighted by Gasteiger charge is 2.23. The molecule has 0 saturated heterocycles. The number of carbonyl (C=O) groups is 1. The van der Waals surface area contributed by atoms with E-state index in [0.717, 1.165) is 18.4 Å². The highest BCUT2D eigenvalue weighted by Crippen LogP contribution is 2.28. The summed E-state index contributed by atoms with van der Waals surface area (Å²) < 4.78 is 5.62. The van der Waals surface area contributed by atoms with Gasteiger partial charge in [0.25, 0.3) is 0 Å². The van der Waals surface area contributed by atoms with E-state index in [2.05, 4.69) is 19.2 Å². The average Bonchev–Trinajstić information content (AvgIpc) is 2.43. The first kappa shape index (κ1) is 15.8. The first-order chi connectivity index (χ1) is 10.0. The largest absolute Gasteiger partial charge is 0.492 e. The number of nitrogens with one attached hydrogen (secondary N) is 1. The van der Waals surface area contributed by atoms with Crippen LogP contribution in [0.4, 0.5) is 0 Å². The minimum Gasteiger partial charge on any atom is -0.492 e. The number of hydrogen-bond donors (Lipinski definition) is 2. The Balaban J connectivity index is 1.72. The van der Waals surface area contributed by atoms with Gasteiger partial charge in [0.2, 0.25) is 0 Å². The lowest BCUT2D eigenvalue weighted by molar-refractivity contribution is 0.0696. The van der Waals surface area contributed by atoms with Crippen molar-refractivity contribution in [2.24, 2.45) is 11.8 Å². The predicted molar refractivity (Wildman–Crippen MR) is 82.9 cm³/mol. The smallest absolute Gasteiger partial charge is 0.335 e. The molecule has 0 aliphatic heterocycles. The summed E-state index contributed by atoms with van der Waals surface area (Å²) in [6.07, 6.45) is 3.80. The van der Waals surface area contributed by atoms with E-state index in [1.54, 1.807) is 24.3 Å². The summed E-state index contributed by atoms with van der Waals surface area (Å²) in [7, 11) is 0. The number of aromatic carboxylic acids is 1. The zero-order valence-corrected chi connectivity index (χ0v) is 12.8. The molecule has 1 aromatic carbocycles. The second-order valence-corrected chi connectivity index (χ2v) is 6.25. The summed E-state index contributed by atoms with van der Waals surface area (Å²) in [6, 6.07) is 7.21. The van der Waals surface area contributed by atoms with Gasteiger partial charge in [-0.25, -0.2) is 4.79 Å². The number of benzene rings is 1. The molecule has 1 aromatic rings. The molecule has 1 fully saturated rings. The van der Waals surface area contributed by atoms with Crippen molar-refractivity contribution in [3.05, 3.63) is 29.8 Å². The Morgan fingerprint density at radius 1 is 1.29 bits per heavy atom. The first-order valence-electron chi connectivity index (χ1n) is 7.74. The molecule has 2 unspecified atom stereocenters. The fourth-order valence-electron chi connectivity index (χ4n) is 3.26. The Bertz CT molecular complexity index is 465. The molecule has 0 spiro atoms. The molecule has 0 aromatic heterocycles. The van der Waals surface area contributed by atoms with Gasteiger partial charge in [-0.3, -0.25) is 0 Å². The molecule has 0 heterocycles. The van der Waals surface area contributed by atoms with Crippen LogP contribution in [0, 0.1) is 11.8 Å². The lowest BCUT2D eigenvalue weighted by Crippen LogP contribution is -2.38. The SMILES string of the molecule is CC1CC(C)CC(NCCOc2cccc(C(=O)O)c2)C1. The molecule has 116 valence electrons. The molecular formula is C17H25NO3. The molecule has 0 bridgehead atoms. The number of carboxylic acid groups (broad SMARTS) is 1. The Labute approximate surface area is 126 Å². The van der Waals surface area contributed by atoms with Gasteiger partial charge in [0, 0.05) is 12.6 Å². The van der Waals surface area contributed by atoms with E-state index in [0.29, 0.717) is 18.4 Å². The minimum absolute atomic E-state index is 0.260. The molecule has 21 heavy (non-hydrogen) atoms. The molecule has 2 atom stereocenters. The Hall–Kier alpha value is -1.55. The number of carboxylic acids is 1. The molecule has 1 aliphatic carbocycles. The van der Waals surface area contributed by atoms with Crippen molar-refractivity contribution in [3.63, 3.8) is 0 Å². The van der Waals surface area contributed by atoms with Crippen LogP contribution in [0.25, 0.3) is 0 Å². The quantitative estimate of drug-likeness (QED) is 0.790. The van der Waals surface area contributed by atoms with Crippen LogP contribution in [0.15, 0.2) is 24.3 Å². The van der Waals surface area contributed by atoms with Crippen molar-refractivity contribution in [2.45, 2.75) is 39.2 Å². The summed E-state index contributed by atoms with van der Waals surface area (Å²) >= 11 is 0. The van der Waals surface area contributed by atoms with Crippen molar-refractivity contribution < 1.29 is 14.6 Å². The van der Waals surface area contributed by atoms with Gasteiger partial charge in [-0.1, -0.05) is 19.9 Å². The van der Waals surface area contributed by atoms with Gasteiger partial charge >= 0.3 is 5.97 Å². The Kier molecular flexibility index (Phi) is 5.62. The zero-order chi connectivity index (χ0) is 15.2. The summed E-state index contributed by atoms with van der Waals surface area (Å²) in [5, 5.41) is 12.5. The number of ether oxygens (including phenoxy) is 1. The van der Waals surface area contributed by atoms with E-state index in [9.17, 15) is 4.79 Å². The van der Waals surface area contributed by atoms with Crippen molar-refractivity contribution in [3.8, 4) is 5.75 Å². The summed E-state index contributed by atoms with van der Waals surface area (Å²) in [4.78, 5) is 10.9. The summed E-state index contributed by atoms with van der Waals surface area (Å²) in [6.45, 7) is 5.99. The number of rotatable bonds is 6. The predicted octanol–water partition coefficient (Wildman–Crippen LogP) is 3.18. The monoisotopic (exact) mass is 291 g/mol. The topological polar surface area (TPSA) is 58.6 Å². The normalized spacial score (nSPS) is 25.5. The number of hydrogen-bond acceptors (Lipinski definition) is 3. The molecule has 1 aliphatic rings. The van der Waals surface area contributed by atoms with Crippen molar-refractivity contribution >= 4 is 5.97 Å². The van der Waals surface area contributed by atoms with Crippen LogP contribution in [0.2, 0.25) is 0 Å². The van der Waals surface area contributed by atoms with Gasteiger partial charge < -0.3 is 15.2 Å². The molecule has 4 nitrogen and oxygen atoms in total. The van der Waals surface area contributed by atoms with Crippen LogP contribution < -0.4 is 10.1 Å². The minimum atomic E-state index is -0.927. The Morgan fingerprint density at radius 3 is 2.67 bits per heavy atom. The van der Waals surface area contributed by atoms with Crippen LogP contribution in [-0.2, 0) is 0 Å². The third-order valence-corrected chi connectivity index (χ3v) is 4.06. The third kappa shape index (κ3) is 5.05. The molecule has 0 radical (unpaired) electrons. The van der Waals surface area contributed by atoms with Gasteiger partial charge in [0.1, 0.15) is 12.4 Å². The van der Waals surface area contributed by atoms with Crippen LogP contribution in [0.1, 0.15) is 43.5 Å². The molecular weight excluding hydrogens is 266 g/mol. The van der Waals surface area contributed by atoms with E-state index in [-0.39, 0.29) is 5.56 Å². The fourth-order valence-corrected chi connectivity index (χ4v) is 3.26. The van der Waals surface area contributed by atoms with Crippen molar-refractivity contribution in [1.82, 2.24) is 5.32 Å². The fraction of sp³-hybridized carbons (Fsp3) is 0.588. The molecule has 2 N–H and O–H groups in total. The van der Waals surface area contributed by atoms with Crippen molar-refractivity contribution in [1.29, 1.82) is 0 Å². The standard InChI is InChI=1S/C17H25NO3/c1-12-8-13(2)10-15(9-12)18-6-7-21-16-5-3-4-14(11-16)17(19)20/h3-5,11-13,15,18H,6-10H2,1-2H3,(H,19,20). The maximum absolute atomic E-state index is 10.9. The van der Waals surface area contributed by atoms with E-state index in [4.69, 9.17) is 9.84 Å². The lowest BCUT2D eigenvalue weighted by atomic mass is 9.80. The molecule has 2 rings (SSSR count). The van der Waals surface area contributed by atoms with Crippen LogP contribution in [-0.4, -0.2) is 30.3 Å².